The Bertz CT molecular complexity index is 1340. The van der Waals surface area contributed by atoms with Crippen molar-refractivity contribution in [2.24, 2.45) is 0 Å². The lowest BCUT2D eigenvalue weighted by atomic mass is 10.0. The van der Waals surface area contributed by atoms with Crippen LogP contribution in [0.15, 0.2) is 60.3 Å². The van der Waals surface area contributed by atoms with Gasteiger partial charge in [-0.1, -0.05) is 29.8 Å². The zero-order valence-electron chi connectivity index (χ0n) is 18.7. The van der Waals surface area contributed by atoms with Crippen LogP contribution < -0.4 is 9.47 Å². The minimum Gasteiger partial charge on any atom is -0.341 e. The number of para-hydroxylation sites is 1. The first-order valence-electron chi connectivity index (χ1n) is 10.9. The predicted octanol–water partition coefficient (Wildman–Crippen LogP) is 4.92. The highest BCUT2D eigenvalue weighted by molar-refractivity contribution is 7.85. The molecule has 1 N–H and O–H groups in total. The lowest BCUT2D eigenvalue weighted by molar-refractivity contribution is -0.673. The second-order valence-electron chi connectivity index (χ2n) is 8.27. The Morgan fingerprint density at radius 2 is 1.88 bits per heavy atom. The molecule has 2 heterocycles. The molecule has 0 unspecified atom stereocenters. The van der Waals surface area contributed by atoms with E-state index in [1.807, 2.05) is 6.07 Å². The van der Waals surface area contributed by atoms with Crippen LogP contribution in [0, 0.1) is 13.8 Å². The van der Waals surface area contributed by atoms with Gasteiger partial charge in [-0.3, -0.25) is 4.55 Å². The number of allylic oxidation sites excluding steroid dienone is 1. The highest BCUT2D eigenvalue weighted by atomic mass is 32.2. The van der Waals surface area contributed by atoms with E-state index in [9.17, 15) is 13.0 Å². The Labute approximate surface area is 190 Å². The Balaban J connectivity index is 1.81. The Kier molecular flexibility index (Phi) is 6.17. The minimum absolute atomic E-state index is 0.258. The van der Waals surface area contributed by atoms with Gasteiger partial charge >= 0.3 is 0 Å². The molecule has 1 aromatic heterocycles. The van der Waals surface area contributed by atoms with Crippen molar-refractivity contribution in [3.05, 3.63) is 82.7 Å². The maximum Gasteiger partial charge on any atom is 0.265 e. The maximum absolute atomic E-state index is 11.3. The second-order valence-corrected chi connectivity index (χ2v) is 9.84. The van der Waals surface area contributed by atoms with Crippen LogP contribution in [0.25, 0.3) is 23.1 Å². The van der Waals surface area contributed by atoms with Gasteiger partial charge in [0, 0.05) is 47.4 Å². The van der Waals surface area contributed by atoms with E-state index >= 15 is 0 Å². The van der Waals surface area contributed by atoms with Crippen LogP contribution in [0.5, 0.6) is 0 Å². The second kappa shape index (κ2) is 8.88. The highest BCUT2D eigenvalue weighted by Crippen LogP contribution is 2.32. The normalized spacial score (nSPS) is 14.9. The van der Waals surface area contributed by atoms with E-state index < -0.39 is 10.1 Å². The summed E-state index contributed by atoms with van der Waals surface area (Å²) in [5, 5.41) is 1.10. The minimum atomic E-state index is -4.00. The standard InChI is InChI=1S/C26H28N2O3S/c1-4-27-23(13-11-22-17-19(2)9-14-25(22)27)18-24-12-10-21-8-5-7-20(3)26(21)28(24)15-6-16-32(29,30)31/h5,7-14,17-18H,4,6,15-16H2,1-3H3/p+1. The summed E-state index contributed by atoms with van der Waals surface area (Å²) >= 11 is 0. The van der Waals surface area contributed by atoms with E-state index in [0.29, 0.717) is 13.0 Å². The summed E-state index contributed by atoms with van der Waals surface area (Å²) in [5.41, 5.74) is 7.91. The first-order valence-corrected chi connectivity index (χ1v) is 12.5. The molecule has 0 aliphatic carbocycles. The molecule has 0 atom stereocenters. The third-order valence-electron chi connectivity index (χ3n) is 5.90. The zero-order valence-corrected chi connectivity index (χ0v) is 19.6. The van der Waals surface area contributed by atoms with Crippen molar-refractivity contribution in [1.29, 1.82) is 0 Å². The number of hydrogen-bond acceptors (Lipinski definition) is 3. The third-order valence-corrected chi connectivity index (χ3v) is 6.70. The number of anilines is 1. The molecule has 0 bridgehead atoms. The van der Waals surface area contributed by atoms with E-state index in [0.717, 1.165) is 34.4 Å². The van der Waals surface area contributed by atoms with E-state index in [2.05, 4.69) is 90.9 Å². The van der Waals surface area contributed by atoms with Gasteiger partial charge in [0.05, 0.1) is 5.75 Å². The lowest BCUT2D eigenvalue weighted by Gasteiger charge is -2.29. The molecular formula is C26H29N2O3S+. The van der Waals surface area contributed by atoms with Gasteiger partial charge in [-0.2, -0.15) is 13.0 Å². The summed E-state index contributed by atoms with van der Waals surface area (Å²) in [6, 6.07) is 16.8. The fraction of sp³-hybridized carbons (Fsp3) is 0.269. The van der Waals surface area contributed by atoms with Gasteiger partial charge in [-0.05, 0) is 56.7 Å². The van der Waals surface area contributed by atoms with E-state index in [-0.39, 0.29) is 5.75 Å². The molecule has 6 heteroatoms. The first-order chi connectivity index (χ1) is 15.3. The molecule has 1 aliphatic rings. The molecule has 0 radical (unpaired) electrons. The number of likely N-dealkylation sites (N-methyl/N-ethyl adjacent to an activating group) is 1. The van der Waals surface area contributed by atoms with Crippen LogP contribution in [-0.2, 0) is 16.7 Å². The number of pyridine rings is 1. The molecule has 0 spiro atoms. The molecule has 2 aromatic carbocycles. The van der Waals surface area contributed by atoms with Crippen molar-refractivity contribution in [3.63, 3.8) is 0 Å². The molecule has 166 valence electrons. The van der Waals surface area contributed by atoms with Gasteiger partial charge in [-0.15, -0.1) is 0 Å². The monoisotopic (exact) mass is 449 g/mol. The summed E-state index contributed by atoms with van der Waals surface area (Å²) in [4.78, 5) is 2.29. The highest BCUT2D eigenvalue weighted by Gasteiger charge is 2.21. The smallest absolute Gasteiger partial charge is 0.265 e. The van der Waals surface area contributed by atoms with Crippen LogP contribution in [0.3, 0.4) is 0 Å². The van der Waals surface area contributed by atoms with E-state index in [1.165, 1.54) is 16.8 Å². The number of fused-ring (bicyclic) bond motifs is 2. The maximum atomic E-state index is 11.3. The van der Waals surface area contributed by atoms with Gasteiger partial charge in [0.25, 0.3) is 10.1 Å². The molecule has 1 aliphatic heterocycles. The van der Waals surface area contributed by atoms with Crippen molar-refractivity contribution in [1.82, 2.24) is 0 Å². The number of benzene rings is 2. The van der Waals surface area contributed by atoms with Crippen LogP contribution >= 0.6 is 0 Å². The van der Waals surface area contributed by atoms with Crippen molar-refractivity contribution >= 4 is 38.9 Å². The summed E-state index contributed by atoms with van der Waals surface area (Å²) < 4.78 is 34.0. The Hall–Kier alpha value is -2.96. The molecule has 0 amide bonds. The largest absolute Gasteiger partial charge is 0.341 e. The summed E-state index contributed by atoms with van der Waals surface area (Å²) in [6.45, 7) is 7.63. The van der Waals surface area contributed by atoms with Gasteiger partial charge in [0.15, 0.2) is 6.54 Å². The number of aromatic nitrogens is 1. The number of nitrogens with zero attached hydrogens (tertiary/aromatic N) is 2. The molecule has 0 fully saturated rings. The molecule has 5 nitrogen and oxygen atoms in total. The van der Waals surface area contributed by atoms with Gasteiger partial charge < -0.3 is 4.90 Å². The third kappa shape index (κ3) is 4.61. The van der Waals surface area contributed by atoms with Crippen LogP contribution in [0.2, 0.25) is 0 Å². The number of rotatable bonds is 6. The first kappa shape index (κ1) is 22.2. The van der Waals surface area contributed by atoms with Crippen molar-refractivity contribution < 1.29 is 17.5 Å². The lowest BCUT2D eigenvalue weighted by Crippen LogP contribution is -2.39. The van der Waals surface area contributed by atoms with Crippen molar-refractivity contribution in [3.8, 4) is 0 Å². The van der Waals surface area contributed by atoms with E-state index in [4.69, 9.17) is 0 Å². The van der Waals surface area contributed by atoms with Gasteiger partial charge in [0.1, 0.15) is 0 Å². The number of hydrogen-bond donors (Lipinski definition) is 1. The number of aryl methyl sites for hydroxylation is 3. The van der Waals surface area contributed by atoms with Crippen LogP contribution in [-0.4, -0.2) is 25.3 Å². The van der Waals surface area contributed by atoms with Gasteiger partial charge in [-0.25, -0.2) is 0 Å². The molecule has 0 saturated heterocycles. The summed E-state index contributed by atoms with van der Waals surface area (Å²) in [6.07, 6.45) is 6.77. The Morgan fingerprint density at radius 3 is 2.62 bits per heavy atom. The molecule has 3 aromatic rings. The van der Waals surface area contributed by atoms with Crippen molar-refractivity contribution in [2.75, 3.05) is 17.2 Å². The predicted molar refractivity (Wildman–Crippen MR) is 131 cm³/mol. The van der Waals surface area contributed by atoms with Crippen LogP contribution in [0.1, 0.15) is 35.7 Å². The molecule has 0 saturated carbocycles. The fourth-order valence-electron chi connectivity index (χ4n) is 4.44. The van der Waals surface area contributed by atoms with Crippen molar-refractivity contribution in [2.45, 2.75) is 33.7 Å². The van der Waals surface area contributed by atoms with Gasteiger partial charge in [0.2, 0.25) is 11.2 Å². The zero-order chi connectivity index (χ0) is 22.9. The fourth-order valence-corrected chi connectivity index (χ4v) is 4.93. The summed E-state index contributed by atoms with van der Waals surface area (Å²) in [5.74, 6) is -0.258. The Morgan fingerprint density at radius 1 is 1.06 bits per heavy atom. The SMILES string of the molecule is CCN1/C(=C/c2ccc3cccc(C)c3[n+]2CCCS(=O)(=O)O)C=Cc2cc(C)ccc21. The topological polar surface area (TPSA) is 61.5 Å². The average molecular weight is 450 g/mol. The summed E-state index contributed by atoms with van der Waals surface area (Å²) in [7, 11) is -4.00. The molecular weight excluding hydrogens is 420 g/mol. The molecule has 4 rings (SSSR count). The van der Waals surface area contributed by atoms with E-state index in [1.54, 1.807) is 0 Å². The average Bonchev–Trinajstić information content (AvgIpc) is 2.74. The quantitative estimate of drug-likeness (QED) is 0.429. The van der Waals surface area contributed by atoms with Crippen LogP contribution in [0.4, 0.5) is 5.69 Å². The molecule has 32 heavy (non-hydrogen) atoms.